The second kappa shape index (κ2) is 7.21. The van der Waals surface area contributed by atoms with Gasteiger partial charge >= 0.3 is 11.9 Å². The van der Waals surface area contributed by atoms with E-state index in [0.717, 1.165) is 6.26 Å². The van der Waals surface area contributed by atoms with Crippen LogP contribution < -0.4 is 0 Å². The molecule has 0 amide bonds. The van der Waals surface area contributed by atoms with Crippen LogP contribution >= 0.6 is 0 Å². The fraction of sp³-hybridized carbons (Fsp3) is 0.429. The van der Waals surface area contributed by atoms with E-state index in [4.69, 9.17) is 5.11 Å². The van der Waals surface area contributed by atoms with Crippen LogP contribution in [0.4, 0.5) is 0 Å². The van der Waals surface area contributed by atoms with Crippen LogP contribution in [0.1, 0.15) is 24.3 Å². The molecule has 0 saturated carbocycles. The minimum atomic E-state index is -3.40. The lowest BCUT2D eigenvalue weighted by molar-refractivity contribution is -0.143. The molecule has 0 aromatic heterocycles. The molecule has 0 heterocycles. The van der Waals surface area contributed by atoms with Crippen molar-refractivity contribution in [3.8, 4) is 0 Å². The summed E-state index contributed by atoms with van der Waals surface area (Å²) in [6.45, 7) is 0. The fourth-order valence-corrected chi connectivity index (χ4v) is 3.32. The van der Waals surface area contributed by atoms with Crippen LogP contribution in [0.3, 0.4) is 0 Å². The molecule has 0 aliphatic carbocycles. The summed E-state index contributed by atoms with van der Waals surface area (Å²) in [5, 5.41) is 18.0. The van der Waals surface area contributed by atoms with E-state index in [1.165, 1.54) is 0 Å². The van der Waals surface area contributed by atoms with Crippen LogP contribution in [-0.2, 0) is 19.4 Å². The van der Waals surface area contributed by atoms with E-state index >= 15 is 0 Å². The molecule has 2 N–H and O–H groups in total. The fourth-order valence-electron chi connectivity index (χ4n) is 2.25. The van der Waals surface area contributed by atoms with Gasteiger partial charge in [-0.05, 0) is 12.0 Å². The Hall–Kier alpha value is -1.89. The average Bonchev–Trinajstić information content (AvgIpc) is 2.36. The van der Waals surface area contributed by atoms with Gasteiger partial charge in [0, 0.05) is 18.6 Å². The predicted octanol–water partition coefficient (Wildman–Crippen LogP) is 1.38. The summed E-state index contributed by atoms with van der Waals surface area (Å²) in [5.41, 5.74) is 0.584. The smallest absolute Gasteiger partial charge is 0.307 e. The molecule has 0 spiro atoms. The minimum absolute atomic E-state index is 0.111. The van der Waals surface area contributed by atoms with E-state index in [1.807, 2.05) is 0 Å². The average molecular weight is 314 g/mol. The molecule has 1 aromatic rings. The molecular formula is C14H18O6S. The standard InChI is InChI=1S/C14H18O6S/c1-21(19,20)9-12(10-5-3-2-4-6-10)11(14(17)18)7-8-13(15)16/h2-6,11-12H,7-9H2,1H3,(H,15,16)(H,17,18). The molecule has 6 nitrogen and oxygen atoms in total. The van der Waals surface area contributed by atoms with Gasteiger partial charge in [0.2, 0.25) is 0 Å². The van der Waals surface area contributed by atoms with Crippen molar-refractivity contribution in [1.82, 2.24) is 0 Å². The van der Waals surface area contributed by atoms with Crippen molar-refractivity contribution in [3.63, 3.8) is 0 Å². The maximum Gasteiger partial charge on any atom is 0.307 e. The van der Waals surface area contributed by atoms with Gasteiger partial charge in [0.25, 0.3) is 0 Å². The van der Waals surface area contributed by atoms with E-state index < -0.39 is 33.6 Å². The SMILES string of the molecule is CS(=O)(=O)CC(c1ccccc1)C(CCC(=O)O)C(=O)O. The maximum absolute atomic E-state index is 11.6. The zero-order valence-corrected chi connectivity index (χ0v) is 12.4. The normalized spacial score (nSPS) is 14.3. The monoisotopic (exact) mass is 314 g/mol. The number of carboxylic acids is 2. The van der Waals surface area contributed by atoms with Crippen molar-refractivity contribution in [2.24, 2.45) is 5.92 Å². The van der Waals surface area contributed by atoms with Crippen LogP contribution in [0.15, 0.2) is 30.3 Å². The Labute approximate surface area is 123 Å². The summed E-state index contributed by atoms with van der Waals surface area (Å²) in [7, 11) is -3.40. The molecule has 0 radical (unpaired) electrons. The van der Waals surface area contributed by atoms with Gasteiger partial charge in [-0.15, -0.1) is 0 Å². The molecule has 0 fully saturated rings. The highest BCUT2D eigenvalue weighted by Crippen LogP contribution is 2.30. The number of sulfone groups is 1. The number of hydrogen-bond acceptors (Lipinski definition) is 4. The Kier molecular flexibility index (Phi) is 5.90. The van der Waals surface area contributed by atoms with E-state index in [0.29, 0.717) is 5.56 Å². The van der Waals surface area contributed by atoms with E-state index in [-0.39, 0.29) is 18.6 Å². The Morgan fingerprint density at radius 1 is 1.14 bits per heavy atom. The zero-order valence-electron chi connectivity index (χ0n) is 11.6. The van der Waals surface area contributed by atoms with Crippen LogP contribution in [0, 0.1) is 5.92 Å². The van der Waals surface area contributed by atoms with Crippen molar-refractivity contribution in [2.75, 3.05) is 12.0 Å². The first-order chi connectivity index (χ1) is 9.70. The largest absolute Gasteiger partial charge is 0.481 e. The van der Waals surface area contributed by atoms with Gasteiger partial charge in [0.05, 0.1) is 11.7 Å². The highest BCUT2D eigenvalue weighted by atomic mass is 32.2. The van der Waals surface area contributed by atoms with Crippen molar-refractivity contribution in [3.05, 3.63) is 35.9 Å². The van der Waals surface area contributed by atoms with E-state index in [9.17, 15) is 23.1 Å². The Morgan fingerprint density at radius 2 is 1.71 bits per heavy atom. The van der Waals surface area contributed by atoms with Gasteiger partial charge in [0.15, 0.2) is 0 Å². The highest BCUT2D eigenvalue weighted by Gasteiger charge is 2.32. The second-order valence-corrected chi connectivity index (χ2v) is 7.17. The van der Waals surface area contributed by atoms with Crippen molar-refractivity contribution < 1.29 is 28.2 Å². The Bertz CT molecular complexity index is 593. The third-order valence-electron chi connectivity index (χ3n) is 3.18. The molecule has 21 heavy (non-hydrogen) atoms. The molecular weight excluding hydrogens is 296 g/mol. The highest BCUT2D eigenvalue weighted by molar-refractivity contribution is 7.90. The van der Waals surface area contributed by atoms with Gasteiger partial charge < -0.3 is 10.2 Å². The lowest BCUT2D eigenvalue weighted by atomic mass is 9.84. The maximum atomic E-state index is 11.6. The van der Waals surface area contributed by atoms with Gasteiger partial charge in [-0.25, -0.2) is 8.42 Å². The third kappa shape index (κ3) is 5.95. The summed E-state index contributed by atoms with van der Waals surface area (Å²) in [4.78, 5) is 22.1. The molecule has 2 atom stereocenters. The molecule has 1 aromatic carbocycles. The van der Waals surface area contributed by atoms with Gasteiger partial charge in [0.1, 0.15) is 9.84 Å². The topological polar surface area (TPSA) is 109 Å². The number of hydrogen-bond donors (Lipinski definition) is 2. The Balaban J connectivity index is 3.12. The summed E-state index contributed by atoms with van der Waals surface area (Å²) in [5.74, 6) is -4.44. The molecule has 1 rings (SSSR count). The molecule has 0 aliphatic rings. The number of rotatable bonds is 8. The van der Waals surface area contributed by atoms with Gasteiger partial charge in [-0.2, -0.15) is 0 Å². The van der Waals surface area contributed by atoms with Crippen LogP contribution in [0.5, 0.6) is 0 Å². The van der Waals surface area contributed by atoms with Gasteiger partial charge in [-0.1, -0.05) is 30.3 Å². The van der Waals surface area contributed by atoms with Crippen molar-refractivity contribution >= 4 is 21.8 Å². The number of carboxylic acid groups (broad SMARTS) is 2. The van der Waals surface area contributed by atoms with Gasteiger partial charge in [-0.3, -0.25) is 9.59 Å². The summed E-state index contributed by atoms with van der Waals surface area (Å²) in [6, 6.07) is 8.45. The molecule has 0 aliphatic heterocycles. The van der Waals surface area contributed by atoms with Crippen LogP contribution in [0.25, 0.3) is 0 Å². The molecule has 0 saturated heterocycles. The number of benzene rings is 1. The second-order valence-electron chi connectivity index (χ2n) is 4.99. The molecule has 0 bridgehead atoms. The number of carbonyl (C=O) groups is 2. The molecule has 116 valence electrons. The van der Waals surface area contributed by atoms with E-state index in [2.05, 4.69) is 0 Å². The van der Waals surface area contributed by atoms with Crippen LogP contribution in [0.2, 0.25) is 0 Å². The summed E-state index contributed by atoms with van der Waals surface area (Å²) >= 11 is 0. The van der Waals surface area contributed by atoms with E-state index in [1.54, 1.807) is 30.3 Å². The zero-order chi connectivity index (χ0) is 16.0. The van der Waals surface area contributed by atoms with Crippen molar-refractivity contribution in [2.45, 2.75) is 18.8 Å². The number of aliphatic carboxylic acids is 2. The lowest BCUT2D eigenvalue weighted by Crippen LogP contribution is -2.28. The Morgan fingerprint density at radius 3 is 2.14 bits per heavy atom. The predicted molar refractivity (Wildman–Crippen MR) is 76.9 cm³/mol. The molecule has 2 unspecified atom stereocenters. The minimum Gasteiger partial charge on any atom is -0.481 e. The molecule has 7 heteroatoms. The first kappa shape index (κ1) is 17.2. The summed E-state index contributed by atoms with van der Waals surface area (Å²) in [6.07, 6.45) is 0.614. The van der Waals surface area contributed by atoms with Crippen LogP contribution in [-0.4, -0.2) is 42.6 Å². The quantitative estimate of drug-likeness (QED) is 0.750. The lowest BCUT2D eigenvalue weighted by Gasteiger charge is -2.23. The third-order valence-corrected chi connectivity index (χ3v) is 4.15. The first-order valence-corrected chi connectivity index (χ1v) is 8.44. The summed E-state index contributed by atoms with van der Waals surface area (Å²) < 4.78 is 23.1. The van der Waals surface area contributed by atoms with Crippen molar-refractivity contribution in [1.29, 1.82) is 0 Å². The first-order valence-electron chi connectivity index (χ1n) is 6.38.